The molecule has 0 saturated heterocycles. The van der Waals surface area contributed by atoms with Crippen LogP contribution in [0.15, 0.2) is 4.99 Å². The molecule has 0 saturated carbocycles. The molecule has 0 bridgehead atoms. The summed E-state index contributed by atoms with van der Waals surface area (Å²) in [5.74, 6) is -0.0457. The van der Waals surface area contributed by atoms with Crippen molar-refractivity contribution >= 4 is 5.96 Å². The summed E-state index contributed by atoms with van der Waals surface area (Å²) in [5, 5.41) is 8.49. The normalized spacial score (nSPS) is 12.7. The maximum atomic E-state index is 8.49. The molecule has 0 heterocycles. The first-order chi connectivity index (χ1) is 4.13. The Morgan fingerprint density at radius 1 is 1.78 bits per heavy atom. The zero-order chi connectivity index (χ0) is 7.28. The van der Waals surface area contributed by atoms with Gasteiger partial charge in [0, 0.05) is 0 Å². The minimum atomic E-state index is -0.826. The fourth-order valence-electron chi connectivity index (χ4n) is 0.220. The fourth-order valence-corrected chi connectivity index (χ4v) is 0.220. The van der Waals surface area contributed by atoms with Crippen LogP contribution in [-0.2, 0) is 4.74 Å². The van der Waals surface area contributed by atoms with Crippen molar-refractivity contribution < 1.29 is 9.84 Å². The third-order valence-electron chi connectivity index (χ3n) is 0.563. The quantitative estimate of drug-likeness (QED) is 0.250. The topological polar surface area (TPSA) is 93.9 Å². The van der Waals surface area contributed by atoms with Gasteiger partial charge in [-0.05, 0) is 6.92 Å². The molecule has 0 aromatic carbocycles. The van der Waals surface area contributed by atoms with E-state index in [9.17, 15) is 0 Å². The lowest BCUT2D eigenvalue weighted by molar-refractivity contribution is -0.0821. The number of rotatable bonds is 3. The Kier molecular flexibility index (Phi) is 3.74. The summed E-state index contributed by atoms with van der Waals surface area (Å²) >= 11 is 0. The summed E-state index contributed by atoms with van der Waals surface area (Å²) < 4.78 is 4.56. The van der Waals surface area contributed by atoms with Gasteiger partial charge in [0.2, 0.25) is 0 Å². The second-order valence-corrected chi connectivity index (χ2v) is 1.48. The SMILES string of the molecule is CC(O)OCN=C(N)N. The molecule has 0 fully saturated rings. The molecule has 0 aromatic rings. The van der Waals surface area contributed by atoms with Crippen molar-refractivity contribution in [3.8, 4) is 0 Å². The summed E-state index contributed by atoms with van der Waals surface area (Å²) in [4.78, 5) is 3.45. The highest BCUT2D eigenvalue weighted by Crippen LogP contribution is 1.82. The van der Waals surface area contributed by atoms with Crippen LogP contribution in [0.3, 0.4) is 0 Å². The van der Waals surface area contributed by atoms with Crippen LogP contribution < -0.4 is 11.5 Å². The van der Waals surface area contributed by atoms with Crippen LogP contribution in [0.4, 0.5) is 0 Å². The Hall–Kier alpha value is -0.810. The van der Waals surface area contributed by atoms with E-state index in [4.69, 9.17) is 16.6 Å². The molecule has 5 heteroatoms. The second kappa shape index (κ2) is 4.11. The highest BCUT2D eigenvalue weighted by molar-refractivity contribution is 5.75. The Labute approximate surface area is 53.3 Å². The number of hydrogen-bond donors (Lipinski definition) is 3. The van der Waals surface area contributed by atoms with E-state index in [2.05, 4.69) is 9.73 Å². The summed E-state index contributed by atoms with van der Waals surface area (Å²) in [6, 6.07) is 0. The minimum Gasteiger partial charge on any atom is -0.370 e. The molecular formula is C4H11N3O2. The number of nitrogens with zero attached hydrogens (tertiary/aromatic N) is 1. The van der Waals surface area contributed by atoms with Crippen LogP contribution in [0.5, 0.6) is 0 Å². The Morgan fingerprint density at radius 2 is 2.33 bits per heavy atom. The number of ether oxygens (including phenoxy) is 1. The molecule has 0 aliphatic rings. The first kappa shape index (κ1) is 8.19. The third kappa shape index (κ3) is 7.19. The van der Waals surface area contributed by atoms with Crippen molar-refractivity contribution in [2.24, 2.45) is 16.5 Å². The van der Waals surface area contributed by atoms with Crippen molar-refractivity contribution in [2.45, 2.75) is 13.2 Å². The van der Waals surface area contributed by atoms with Gasteiger partial charge in [-0.15, -0.1) is 0 Å². The minimum absolute atomic E-state index is 0. The maximum Gasteiger partial charge on any atom is 0.188 e. The Morgan fingerprint density at radius 3 is 2.67 bits per heavy atom. The Balaban J connectivity index is 3.20. The van der Waals surface area contributed by atoms with E-state index in [0.29, 0.717) is 0 Å². The number of nitrogens with two attached hydrogens (primary N) is 2. The van der Waals surface area contributed by atoms with E-state index in [0.717, 1.165) is 0 Å². The van der Waals surface area contributed by atoms with Gasteiger partial charge in [0.1, 0.15) is 6.73 Å². The molecule has 5 N–H and O–H groups in total. The van der Waals surface area contributed by atoms with Crippen molar-refractivity contribution in [3.63, 3.8) is 0 Å². The summed E-state index contributed by atoms with van der Waals surface area (Å²) in [6.45, 7) is 1.47. The van der Waals surface area contributed by atoms with Crippen molar-refractivity contribution in [1.29, 1.82) is 0 Å². The van der Waals surface area contributed by atoms with Gasteiger partial charge in [0.25, 0.3) is 0 Å². The molecule has 0 spiro atoms. The second-order valence-electron chi connectivity index (χ2n) is 1.48. The summed E-state index contributed by atoms with van der Waals surface area (Å²) in [5.41, 5.74) is 9.89. The lowest BCUT2D eigenvalue weighted by atomic mass is 10.8. The van der Waals surface area contributed by atoms with Crippen molar-refractivity contribution in [2.75, 3.05) is 6.73 Å². The largest absolute Gasteiger partial charge is 0.370 e. The van der Waals surface area contributed by atoms with E-state index >= 15 is 0 Å². The molecule has 1 atom stereocenters. The Bertz CT molecular complexity index is 98.0. The highest BCUT2D eigenvalue weighted by Gasteiger charge is 1.90. The molecule has 0 rings (SSSR count). The monoisotopic (exact) mass is 133 g/mol. The van der Waals surface area contributed by atoms with E-state index in [1.807, 2.05) is 0 Å². The average molecular weight is 133 g/mol. The predicted molar refractivity (Wildman–Crippen MR) is 33.4 cm³/mol. The van der Waals surface area contributed by atoms with Gasteiger partial charge in [0.05, 0.1) is 0 Å². The van der Waals surface area contributed by atoms with Gasteiger partial charge >= 0.3 is 0 Å². The van der Waals surface area contributed by atoms with Crippen LogP contribution in [0.1, 0.15) is 6.92 Å². The summed E-state index contributed by atoms with van der Waals surface area (Å²) in [7, 11) is 0. The summed E-state index contributed by atoms with van der Waals surface area (Å²) in [6.07, 6.45) is -0.826. The highest BCUT2D eigenvalue weighted by atomic mass is 16.6. The molecule has 0 radical (unpaired) electrons. The first-order valence-electron chi connectivity index (χ1n) is 2.48. The molecule has 0 amide bonds. The first-order valence-corrected chi connectivity index (χ1v) is 2.48. The molecule has 5 nitrogen and oxygen atoms in total. The zero-order valence-corrected chi connectivity index (χ0v) is 5.24. The number of aliphatic hydroxyl groups excluding tert-OH is 1. The smallest absolute Gasteiger partial charge is 0.188 e. The van der Waals surface area contributed by atoms with Crippen LogP contribution in [0.2, 0.25) is 0 Å². The number of hydrogen-bond acceptors (Lipinski definition) is 3. The maximum absolute atomic E-state index is 8.49. The molecule has 9 heavy (non-hydrogen) atoms. The standard InChI is InChI=1S/C4H11N3O2/c1-3(8)9-2-7-4(5)6/h3,8H,2H2,1H3,(H4,5,6,7). The number of aliphatic hydroxyl groups is 1. The number of aliphatic imine (C=N–C) groups is 1. The third-order valence-corrected chi connectivity index (χ3v) is 0.563. The lowest BCUT2D eigenvalue weighted by Gasteiger charge is -2.01. The van der Waals surface area contributed by atoms with Crippen LogP contribution in [0, 0.1) is 0 Å². The van der Waals surface area contributed by atoms with Gasteiger partial charge in [-0.25, -0.2) is 4.99 Å². The molecule has 1 unspecified atom stereocenters. The molecular weight excluding hydrogens is 122 g/mol. The fraction of sp³-hybridized carbons (Fsp3) is 0.750. The van der Waals surface area contributed by atoms with Gasteiger partial charge in [-0.3, -0.25) is 0 Å². The van der Waals surface area contributed by atoms with E-state index < -0.39 is 6.29 Å². The van der Waals surface area contributed by atoms with E-state index in [1.165, 1.54) is 6.92 Å². The van der Waals surface area contributed by atoms with Crippen LogP contribution in [-0.4, -0.2) is 24.1 Å². The molecule has 0 aliphatic carbocycles. The van der Waals surface area contributed by atoms with Gasteiger partial charge in [-0.2, -0.15) is 0 Å². The van der Waals surface area contributed by atoms with E-state index in [1.54, 1.807) is 0 Å². The molecule has 0 aliphatic heterocycles. The molecule has 0 aromatic heterocycles. The lowest BCUT2D eigenvalue weighted by Crippen LogP contribution is -2.23. The molecule has 54 valence electrons. The van der Waals surface area contributed by atoms with E-state index in [-0.39, 0.29) is 12.7 Å². The van der Waals surface area contributed by atoms with Crippen LogP contribution >= 0.6 is 0 Å². The van der Waals surface area contributed by atoms with Gasteiger partial charge in [0.15, 0.2) is 12.2 Å². The van der Waals surface area contributed by atoms with Gasteiger partial charge in [-0.1, -0.05) is 0 Å². The average Bonchev–Trinajstić information content (AvgIpc) is 1.63. The van der Waals surface area contributed by atoms with Crippen LogP contribution in [0.25, 0.3) is 0 Å². The van der Waals surface area contributed by atoms with Gasteiger partial charge < -0.3 is 21.3 Å². The van der Waals surface area contributed by atoms with Crippen molar-refractivity contribution in [1.82, 2.24) is 0 Å². The predicted octanol–water partition coefficient (Wildman–Crippen LogP) is -1.43. The zero-order valence-electron chi connectivity index (χ0n) is 5.24. The van der Waals surface area contributed by atoms with Crippen molar-refractivity contribution in [3.05, 3.63) is 0 Å². The number of guanidine groups is 1.